The highest BCUT2D eigenvalue weighted by molar-refractivity contribution is 5.17. The standard InChI is InChI=1S/C12H20N2O/c1-9(6-7-15-3)12(13)11-5-4-10(2)14-8-11/h4-5,8-9,12H,6-7,13H2,1-3H3. The molecule has 0 fully saturated rings. The average Bonchev–Trinajstić information content (AvgIpc) is 2.26. The molecule has 1 heterocycles. The zero-order valence-corrected chi connectivity index (χ0v) is 9.73. The number of pyridine rings is 1. The van der Waals surface area contributed by atoms with Gasteiger partial charge in [0.1, 0.15) is 0 Å². The molecule has 2 N–H and O–H groups in total. The molecule has 0 aliphatic carbocycles. The molecule has 0 radical (unpaired) electrons. The van der Waals surface area contributed by atoms with Crippen molar-refractivity contribution >= 4 is 0 Å². The van der Waals surface area contributed by atoms with Crippen LogP contribution in [0, 0.1) is 12.8 Å². The predicted octanol–water partition coefficient (Wildman–Crippen LogP) is 2.06. The minimum absolute atomic E-state index is 0.0493. The highest BCUT2D eigenvalue weighted by Crippen LogP contribution is 2.21. The maximum Gasteiger partial charge on any atom is 0.0465 e. The summed E-state index contributed by atoms with van der Waals surface area (Å²) in [5.74, 6) is 0.412. The highest BCUT2D eigenvalue weighted by atomic mass is 16.5. The topological polar surface area (TPSA) is 48.1 Å². The minimum atomic E-state index is 0.0493. The van der Waals surface area contributed by atoms with E-state index in [2.05, 4.69) is 18.0 Å². The van der Waals surface area contributed by atoms with Crippen molar-refractivity contribution in [3.05, 3.63) is 29.6 Å². The summed E-state index contributed by atoms with van der Waals surface area (Å²) >= 11 is 0. The Morgan fingerprint density at radius 1 is 1.47 bits per heavy atom. The Kier molecular flexibility index (Phi) is 4.72. The molecule has 0 aliphatic rings. The SMILES string of the molecule is COCCC(C)C(N)c1ccc(C)nc1. The lowest BCUT2D eigenvalue weighted by atomic mass is 9.94. The smallest absolute Gasteiger partial charge is 0.0465 e. The maximum absolute atomic E-state index is 6.13. The fourth-order valence-electron chi connectivity index (χ4n) is 1.49. The number of aryl methyl sites for hydroxylation is 1. The van der Waals surface area contributed by atoms with Gasteiger partial charge in [0.15, 0.2) is 0 Å². The number of nitrogens with zero attached hydrogens (tertiary/aromatic N) is 1. The van der Waals surface area contributed by atoms with Gasteiger partial charge in [0.05, 0.1) is 0 Å². The Bertz CT molecular complexity index is 284. The Balaban J connectivity index is 2.59. The van der Waals surface area contributed by atoms with Crippen LogP contribution in [-0.2, 0) is 4.74 Å². The first kappa shape index (κ1) is 12.1. The van der Waals surface area contributed by atoms with Gasteiger partial charge in [0, 0.05) is 31.6 Å². The normalized spacial score (nSPS) is 14.9. The molecule has 0 bridgehead atoms. The molecule has 15 heavy (non-hydrogen) atoms. The van der Waals surface area contributed by atoms with Crippen molar-refractivity contribution in [1.82, 2.24) is 4.98 Å². The number of methoxy groups -OCH3 is 1. The van der Waals surface area contributed by atoms with Crippen molar-refractivity contribution in [3.8, 4) is 0 Å². The third kappa shape index (κ3) is 3.61. The monoisotopic (exact) mass is 208 g/mol. The van der Waals surface area contributed by atoms with Crippen LogP contribution in [0.2, 0.25) is 0 Å². The van der Waals surface area contributed by atoms with Crippen LogP contribution in [0.4, 0.5) is 0 Å². The van der Waals surface area contributed by atoms with Crippen LogP contribution in [0.3, 0.4) is 0 Å². The van der Waals surface area contributed by atoms with Crippen LogP contribution in [0.5, 0.6) is 0 Å². The Morgan fingerprint density at radius 2 is 2.20 bits per heavy atom. The van der Waals surface area contributed by atoms with Crippen molar-refractivity contribution in [1.29, 1.82) is 0 Å². The summed E-state index contributed by atoms with van der Waals surface area (Å²) in [6, 6.07) is 4.10. The zero-order valence-electron chi connectivity index (χ0n) is 9.73. The molecule has 2 atom stereocenters. The van der Waals surface area contributed by atoms with Crippen LogP contribution in [0.1, 0.15) is 30.6 Å². The number of ether oxygens (including phenoxy) is 1. The van der Waals surface area contributed by atoms with Crippen LogP contribution in [-0.4, -0.2) is 18.7 Å². The van der Waals surface area contributed by atoms with Crippen molar-refractivity contribution in [2.45, 2.75) is 26.3 Å². The van der Waals surface area contributed by atoms with Gasteiger partial charge in [-0.2, -0.15) is 0 Å². The summed E-state index contributed by atoms with van der Waals surface area (Å²) in [7, 11) is 1.71. The number of aromatic nitrogens is 1. The first-order valence-corrected chi connectivity index (χ1v) is 5.32. The lowest BCUT2D eigenvalue weighted by Crippen LogP contribution is -2.20. The quantitative estimate of drug-likeness (QED) is 0.805. The van der Waals surface area contributed by atoms with Crippen LogP contribution in [0.15, 0.2) is 18.3 Å². The van der Waals surface area contributed by atoms with E-state index >= 15 is 0 Å². The van der Waals surface area contributed by atoms with Gasteiger partial charge in [-0.25, -0.2) is 0 Å². The molecule has 0 aliphatic heterocycles. The lowest BCUT2D eigenvalue weighted by Gasteiger charge is -2.19. The summed E-state index contributed by atoms with van der Waals surface area (Å²) in [6.07, 6.45) is 2.84. The number of rotatable bonds is 5. The van der Waals surface area contributed by atoms with E-state index in [0.29, 0.717) is 5.92 Å². The van der Waals surface area contributed by atoms with E-state index in [1.165, 1.54) is 0 Å². The maximum atomic E-state index is 6.13. The van der Waals surface area contributed by atoms with Gasteiger partial charge in [-0.1, -0.05) is 13.0 Å². The molecule has 0 saturated heterocycles. The van der Waals surface area contributed by atoms with Gasteiger partial charge in [0.25, 0.3) is 0 Å². The Labute approximate surface area is 91.7 Å². The summed E-state index contributed by atoms with van der Waals surface area (Å²) < 4.78 is 5.05. The first-order valence-electron chi connectivity index (χ1n) is 5.32. The van der Waals surface area contributed by atoms with Crippen LogP contribution in [0.25, 0.3) is 0 Å². The largest absolute Gasteiger partial charge is 0.385 e. The van der Waals surface area contributed by atoms with E-state index in [1.54, 1.807) is 7.11 Å². The Morgan fingerprint density at radius 3 is 2.73 bits per heavy atom. The van der Waals surface area contributed by atoms with Crippen molar-refractivity contribution in [2.24, 2.45) is 11.7 Å². The molecule has 2 unspecified atom stereocenters. The fraction of sp³-hybridized carbons (Fsp3) is 0.583. The summed E-state index contributed by atoms with van der Waals surface area (Å²) in [6.45, 7) is 4.88. The molecule has 0 spiro atoms. The zero-order chi connectivity index (χ0) is 11.3. The van der Waals surface area contributed by atoms with Gasteiger partial charge < -0.3 is 10.5 Å². The molecule has 1 aromatic heterocycles. The van der Waals surface area contributed by atoms with Gasteiger partial charge in [0.2, 0.25) is 0 Å². The number of hydrogen-bond donors (Lipinski definition) is 1. The molecule has 0 aromatic carbocycles. The number of hydrogen-bond acceptors (Lipinski definition) is 3. The molecule has 3 heteroatoms. The molecule has 0 saturated carbocycles. The van der Waals surface area contributed by atoms with E-state index in [0.717, 1.165) is 24.3 Å². The van der Waals surface area contributed by atoms with Crippen LogP contribution < -0.4 is 5.73 Å². The van der Waals surface area contributed by atoms with Crippen molar-refractivity contribution in [2.75, 3.05) is 13.7 Å². The Hall–Kier alpha value is -0.930. The predicted molar refractivity (Wildman–Crippen MR) is 61.6 cm³/mol. The van der Waals surface area contributed by atoms with Crippen LogP contribution >= 0.6 is 0 Å². The fourth-order valence-corrected chi connectivity index (χ4v) is 1.49. The third-order valence-corrected chi connectivity index (χ3v) is 2.71. The first-order chi connectivity index (χ1) is 7.15. The van der Waals surface area contributed by atoms with Gasteiger partial charge in [-0.15, -0.1) is 0 Å². The second kappa shape index (κ2) is 5.83. The molecule has 84 valence electrons. The minimum Gasteiger partial charge on any atom is -0.385 e. The molecule has 0 amide bonds. The summed E-state index contributed by atoms with van der Waals surface area (Å²) in [5, 5.41) is 0. The second-order valence-corrected chi connectivity index (χ2v) is 4.02. The van der Waals surface area contributed by atoms with E-state index < -0.39 is 0 Å². The van der Waals surface area contributed by atoms with Crippen molar-refractivity contribution in [3.63, 3.8) is 0 Å². The van der Waals surface area contributed by atoms with Crippen molar-refractivity contribution < 1.29 is 4.74 Å². The molecule has 3 nitrogen and oxygen atoms in total. The summed E-state index contributed by atoms with van der Waals surface area (Å²) in [5.41, 5.74) is 8.26. The van der Waals surface area contributed by atoms with Gasteiger partial charge in [-0.3, -0.25) is 4.98 Å². The summed E-state index contributed by atoms with van der Waals surface area (Å²) in [4.78, 5) is 4.25. The molecular formula is C12H20N2O. The average molecular weight is 208 g/mol. The van der Waals surface area contributed by atoms with E-state index in [-0.39, 0.29) is 6.04 Å². The molecular weight excluding hydrogens is 188 g/mol. The van der Waals surface area contributed by atoms with E-state index in [4.69, 9.17) is 10.5 Å². The molecule has 1 aromatic rings. The molecule has 1 rings (SSSR count). The van der Waals surface area contributed by atoms with Gasteiger partial charge >= 0.3 is 0 Å². The van der Waals surface area contributed by atoms with E-state index in [9.17, 15) is 0 Å². The van der Waals surface area contributed by atoms with Gasteiger partial charge in [-0.05, 0) is 30.9 Å². The number of nitrogens with two attached hydrogens (primary N) is 1. The lowest BCUT2D eigenvalue weighted by molar-refractivity contribution is 0.174. The van der Waals surface area contributed by atoms with E-state index in [1.807, 2.05) is 19.2 Å². The highest BCUT2D eigenvalue weighted by Gasteiger charge is 2.14. The third-order valence-electron chi connectivity index (χ3n) is 2.71. The second-order valence-electron chi connectivity index (χ2n) is 4.02.